The third-order valence-electron chi connectivity index (χ3n) is 21.0. The Labute approximate surface area is 349 Å². The first-order chi connectivity index (χ1) is 28.0. The molecule has 18 atom stereocenters. The van der Waals surface area contributed by atoms with Crippen molar-refractivity contribution >= 4 is 17.9 Å². The normalized spacial score (nSPS) is 53.1. The van der Waals surface area contributed by atoms with Crippen LogP contribution in [0, 0.1) is 85.3 Å². The zero-order valence-corrected chi connectivity index (χ0v) is 35.6. The molecule has 0 aromatic heterocycles. The quantitative estimate of drug-likeness (QED) is 0.178. The predicted molar refractivity (Wildman–Crippen MR) is 225 cm³/mol. The van der Waals surface area contributed by atoms with Crippen molar-refractivity contribution in [2.45, 2.75) is 148 Å². The van der Waals surface area contributed by atoms with Crippen LogP contribution in [0.1, 0.15) is 129 Å². The summed E-state index contributed by atoms with van der Waals surface area (Å²) in [5.74, 6) is 6.27. The maximum Gasteiger partial charge on any atom is 0.159 e. The van der Waals surface area contributed by atoms with Crippen molar-refractivity contribution < 1.29 is 35.4 Å². The van der Waals surface area contributed by atoms with E-state index in [0.29, 0.717) is 25.7 Å². The first-order valence-corrected chi connectivity index (χ1v) is 23.3. The number of aliphatic hydroxyl groups excluding tert-OH is 5. The van der Waals surface area contributed by atoms with Gasteiger partial charge in [0.05, 0.1) is 35.9 Å². The van der Waals surface area contributed by atoms with E-state index in [1.807, 2.05) is 13.0 Å². The molecule has 0 radical (unpaired) electrons. The smallest absolute Gasteiger partial charge is 0.159 e. The Kier molecular flexibility index (Phi) is 8.21. The Bertz CT molecular complexity index is 2260. The van der Waals surface area contributed by atoms with Crippen molar-refractivity contribution in [3.05, 3.63) is 58.0 Å². The van der Waals surface area contributed by atoms with E-state index in [9.17, 15) is 30.6 Å². The van der Waals surface area contributed by atoms with Gasteiger partial charge in [-0.05, 0) is 169 Å². The lowest BCUT2D eigenvalue weighted by atomic mass is 9.26. The highest BCUT2D eigenvalue weighted by molar-refractivity contribution is 5.96. The Balaban J connectivity index is 1.18. The minimum atomic E-state index is -1.34. The fourth-order valence-electron chi connectivity index (χ4n) is 19.0. The standard InChI is InChI=1S/C52H66O7/c1-30(54)31-10-11-32-23-33-12-18-48-19-14-40-47(4,43(58)27-53)41(56)15-21-51(40,36(33)24-34(32)22-31)44(48)39(55)25-37-38-26-45(2)16-6-5-9-42(57)52(38)49(28-45)17-7-8-35(49)13-20-50(52,59)29-46(37,48)3/h10-11,13,20,22-25,30,33,35-36,38,40-44,53-54,56-59H,6-8,12,14-19,21,26-29H2,1-4H3/t30-,33-,35+,36-,38-,40-,41+,42-,43-,44+,45-,46-,47+,48-,49+,50+,51-,52+/m1/s1. The number of rotatable bonds is 3. The second-order valence-electron chi connectivity index (χ2n) is 22.8. The van der Waals surface area contributed by atoms with Gasteiger partial charge in [0.15, 0.2) is 5.78 Å². The summed E-state index contributed by atoms with van der Waals surface area (Å²) in [7, 11) is 0. The Hall–Kier alpha value is -2.57. The van der Waals surface area contributed by atoms with Gasteiger partial charge in [-0.3, -0.25) is 4.79 Å². The molecule has 11 aliphatic carbocycles. The molecule has 11 aliphatic rings. The summed E-state index contributed by atoms with van der Waals surface area (Å²) in [5, 5.41) is 74.2. The molecule has 7 nitrogen and oxygen atoms in total. The number of carbonyl (C=O) groups excluding carboxylic acids is 1. The SMILES string of the molecule is C[C@@H](O)c1ccc2c(c1)=C[C@@H]1[C@@H](C=2)CC[C@@]23CC[C@@H]4[C@](C)([C@H](O)CO)[C@@H](O)CC[C@@]14[C@H]2C(=O)C=C1[C@H]2C[C@@]4(C)CCC#C[C@@H](O)[C@]25[C@@]2(CCC[C@H]2C=C[C@]5(O)C[C@]13C)C4. The minimum Gasteiger partial charge on any atom is -0.394 e. The maximum atomic E-state index is 16.2. The Morgan fingerprint density at radius 3 is 2.49 bits per heavy atom. The van der Waals surface area contributed by atoms with Gasteiger partial charge in [0.25, 0.3) is 0 Å². The molecule has 1 aromatic rings. The second-order valence-corrected chi connectivity index (χ2v) is 22.8. The van der Waals surface area contributed by atoms with Gasteiger partial charge in [-0.15, -0.1) is 5.92 Å². The number of hydrogen-bond donors (Lipinski definition) is 6. The van der Waals surface area contributed by atoms with Crippen molar-refractivity contribution in [3.63, 3.8) is 0 Å². The third kappa shape index (κ3) is 4.41. The highest BCUT2D eigenvalue weighted by atomic mass is 16.3. The number of ketones is 1. The molecule has 316 valence electrons. The molecular weight excluding hydrogens is 737 g/mol. The van der Waals surface area contributed by atoms with Gasteiger partial charge in [0.2, 0.25) is 0 Å². The van der Waals surface area contributed by atoms with Crippen molar-refractivity contribution in [3.8, 4) is 11.8 Å². The Morgan fingerprint density at radius 1 is 0.915 bits per heavy atom. The van der Waals surface area contributed by atoms with Crippen LogP contribution in [0.2, 0.25) is 0 Å². The van der Waals surface area contributed by atoms with Crippen LogP contribution in [0.15, 0.2) is 42.0 Å². The lowest BCUT2D eigenvalue weighted by molar-refractivity contribution is -0.294. The average molecular weight is 803 g/mol. The van der Waals surface area contributed by atoms with Gasteiger partial charge in [-0.1, -0.05) is 75.1 Å². The average Bonchev–Trinajstić information content (AvgIpc) is 3.61. The number of fused-ring (bicyclic) bond motifs is 6. The van der Waals surface area contributed by atoms with E-state index in [1.165, 1.54) is 0 Å². The van der Waals surface area contributed by atoms with E-state index in [4.69, 9.17) is 0 Å². The molecule has 6 saturated carbocycles. The molecule has 6 fully saturated rings. The monoisotopic (exact) mass is 802 g/mol. The van der Waals surface area contributed by atoms with Crippen LogP contribution in [0.3, 0.4) is 0 Å². The highest BCUT2D eigenvalue weighted by Gasteiger charge is 2.83. The van der Waals surface area contributed by atoms with E-state index >= 15 is 4.79 Å². The molecule has 7 heteroatoms. The fourth-order valence-corrected chi connectivity index (χ4v) is 19.0. The summed E-state index contributed by atoms with van der Waals surface area (Å²) in [6.45, 7) is 8.11. The van der Waals surface area contributed by atoms with Crippen LogP contribution in [0.5, 0.6) is 0 Å². The lowest BCUT2D eigenvalue weighted by Crippen LogP contribution is -2.78. The molecule has 0 aliphatic heterocycles. The molecular formula is C52H66O7. The topological polar surface area (TPSA) is 138 Å². The van der Waals surface area contributed by atoms with E-state index < -0.39 is 69.6 Å². The first-order valence-electron chi connectivity index (χ1n) is 23.3. The molecule has 0 amide bonds. The van der Waals surface area contributed by atoms with Crippen LogP contribution in [-0.2, 0) is 4.79 Å². The lowest BCUT2D eigenvalue weighted by Gasteiger charge is -2.78. The summed E-state index contributed by atoms with van der Waals surface area (Å²) in [6, 6.07) is 6.23. The van der Waals surface area contributed by atoms with E-state index in [-0.39, 0.29) is 46.2 Å². The molecule has 0 unspecified atom stereocenters. The number of allylic oxidation sites excluding steroid dienone is 3. The molecule has 0 heterocycles. The summed E-state index contributed by atoms with van der Waals surface area (Å²) in [4.78, 5) is 16.2. The van der Waals surface area contributed by atoms with Gasteiger partial charge >= 0.3 is 0 Å². The van der Waals surface area contributed by atoms with Gasteiger partial charge in [-0.25, -0.2) is 0 Å². The van der Waals surface area contributed by atoms with Gasteiger partial charge < -0.3 is 30.6 Å². The zero-order valence-electron chi connectivity index (χ0n) is 35.6. The number of hydrogen-bond acceptors (Lipinski definition) is 7. The first kappa shape index (κ1) is 39.3. The summed E-state index contributed by atoms with van der Waals surface area (Å²) >= 11 is 0. The molecule has 4 bridgehead atoms. The fraction of sp³-hybridized carbons (Fsp3) is 0.712. The summed E-state index contributed by atoms with van der Waals surface area (Å²) in [6.07, 6.45) is 18.7. The maximum absolute atomic E-state index is 16.2. The number of benzene rings is 1. The minimum absolute atomic E-state index is 0.0576. The van der Waals surface area contributed by atoms with Crippen LogP contribution < -0.4 is 10.4 Å². The second kappa shape index (κ2) is 12.3. The van der Waals surface area contributed by atoms with Crippen LogP contribution >= 0.6 is 0 Å². The molecule has 6 N–H and O–H groups in total. The van der Waals surface area contributed by atoms with Crippen LogP contribution in [0.25, 0.3) is 12.2 Å². The predicted octanol–water partition coefficient (Wildman–Crippen LogP) is 5.42. The van der Waals surface area contributed by atoms with E-state index in [0.717, 1.165) is 85.8 Å². The van der Waals surface area contributed by atoms with Crippen molar-refractivity contribution in [2.75, 3.05) is 6.61 Å². The zero-order chi connectivity index (χ0) is 41.3. The Morgan fingerprint density at radius 2 is 1.71 bits per heavy atom. The van der Waals surface area contributed by atoms with Crippen molar-refractivity contribution in [2.24, 2.45) is 73.4 Å². The molecule has 12 rings (SSSR count). The molecule has 3 spiro atoms. The third-order valence-corrected chi connectivity index (χ3v) is 21.0. The summed E-state index contributed by atoms with van der Waals surface area (Å²) in [5.41, 5.74) is -3.49. The van der Waals surface area contributed by atoms with Crippen LogP contribution in [0.4, 0.5) is 0 Å². The summed E-state index contributed by atoms with van der Waals surface area (Å²) < 4.78 is 0. The van der Waals surface area contributed by atoms with Gasteiger partial charge in [-0.2, -0.15) is 0 Å². The van der Waals surface area contributed by atoms with Gasteiger partial charge in [0.1, 0.15) is 6.10 Å². The highest BCUT2D eigenvalue weighted by Crippen LogP contribution is 2.85. The van der Waals surface area contributed by atoms with Crippen LogP contribution in [-0.4, -0.2) is 66.9 Å². The van der Waals surface area contributed by atoms with E-state index in [2.05, 4.69) is 68.2 Å². The largest absolute Gasteiger partial charge is 0.394 e. The van der Waals surface area contributed by atoms with E-state index in [1.54, 1.807) is 6.92 Å². The molecule has 59 heavy (non-hydrogen) atoms. The van der Waals surface area contributed by atoms with Crippen molar-refractivity contribution in [1.82, 2.24) is 0 Å². The van der Waals surface area contributed by atoms with Crippen molar-refractivity contribution in [1.29, 1.82) is 0 Å². The molecule has 1 aromatic carbocycles. The number of carbonyl (C=O) groups is 1. The van der Waals surface area contributed by atoms with Gasteiger partial charge in [0, 0.05) is 17.8 Å². The number of aliphatic hydroxyl groups is 6. The molecule has 0 saturated heterocycles.